The van der Waals surface area contributed by atoms with Gasteiger partial charge in [-0.2, -0.15) is 5.26 Å². The average Bonchev–Trinajstić information content (AvgIpc) is 2.68. The van der Waals surface area contributed by atoms with Crippen molar-refractivity contribution in [2.45, 2.75) is 9.79 Å². The largest absolute Gasteiger partial charge is 0.478 e. The van der Waals surface area contributed by atoms with Crippen molar-refractivity contribution in [3.05, 3.63) is 95.6 Å². The molecule has 3 aromatic carbocycles. The van der Waals surface area contributed by atoms with Gasteiger partial charge in [0.2, 0.25) is 0 Å². The molecule has 0 unspecified atom stereocenters. The molecule has 3 rings (SSSR count). The van der Waals surface area contributed by atoms with Crippen LogP contribution in [-0.4, -0.2) is 11.1 Å². The van der Waals surface area contributed by atoms with E-state index in [4.69, 9.17) is 5.11 Å². The summed E-state index contributed by atoms with van der Waals surface area (Å²) < 4.78 is 0. The van der Waals surface area contributed by atoms with Crippen LogP contribution in [0.4, 0.5) is 0 Å². The molecule has 0 saturated heterocycles. The van der Waals surface area contributed by atoms with Crippen molar-refractivity contribution in [2.24, 2.45) is 0 Å². The molecule has 0 amide bonds. The van der Waals surface area contributed by atoms with E-state index in [0.29, 0.717) is 11.1 Å². The number of rotatable bonds is 5. The highest BCUT2D eigenvalue weighted by Gasteiger charge is 2.07. The normalized spacial score (nSPS) is 11.0. The van der Waals surface area contributed by atoms with Gasteiger partial charge in [-0.3, -0.25) is 0 Å². The minimum Gasteiger partial charge on any atom is -0.478 e. The third-order valence-corrected chi connectivity index (χ3v) is 4.85. The van der Waals surface area contributed by atoms with Crippen molar-refractivity contribution in [1.82, 2.24) is 0 Å². The zero-order valence-electron chi connectivity index (χ0n) is 13.8. The zero-order valence-corrected chi connectivity index (χ0v) is 14.6. The number of carboxylic acids is 1. The van der Waals surface area contributed by atoms with Gasteiger partial charge in [-0.15, -0.1) is 0 Å². The standard InChI is InChI=1S/C22H15NO2S/c23-15-19(16-10-12-17(13-11-16)22(24)25)14-18-6-4-5-9-21(18)26-20-7-2-1-3-8-20/h1-14H,(H,24,25)/b19-14+. The second kappa shape index (κ2) is 8.19. The highest BCUT2D eigenvalue weighted by molar-refractivity contribution is 7.99. The first-order valence-corrected chi connectivity index (χ1v) is 8.76. The van der Waals surface area contributed by atoms with Gasteiger partial charge in [0.15, 0.2) is 0 Å². The summed E-state index contributed by atoms with van der Waals surface area (Å²) in [5, 5.41) is 18.6. The molecular weight excluding hydrogens is 342 g/mol. The van der Waals surface area contributed by atoms with Crippen LogP contribution in [0.2, 0.25) is 0 Å². The molecule has 0 aromatic heterocycles. The van der Waals surface area contributed by atoms with E-state index in [1.807, 2.05) is 60.7 Å². The molecule has 4 heteroatoms. The lowest BCUT2D eigenvalue weighted by molar-refractivity contribution is 0.0697. The highest BCUT2D eigenvalue weighted by Crippen LogP contribution is 2.32. The van der Waals surface area contributed by atoms with Crippen molar-refractivity contribution >= 4 is 29.4 Å². The Hall–Kier alpha value is -3.29. The highest BCUT2D eigenvalue weighted by atomic mass is 32.2. The fourth-order valence-electron chi connectivity index (χ4n) is 2.44. The number of allylic oxidation sites excluding steroid dienone is 1. The SMILES string of the molecule is N#C/C(=C\c1ccccc1Sc1ccccc1)c1ccc(C(=O)O)cc1. The van der Waals surface area contributed by atoms with Crippen molar-refractivity contribution in [2.75, 3.05) is 0 Å². The number of aromatic carboxylic acids is 1. The second-order valence-corrected chi connectivity index (χ2v) is 6.62. The van der Waals surface area contributed by atoms with Crippen molar-refractivity contribution in [3.8, 4) is 6.07 Å². The minimum atomic E-state index is -0.983. The molecule has 0 bridgehead atoms. The van der Waals surface area contributed by atoms with Crippen LogP contribution in [0.15, 0.2) is 88.7 Å². The molecule has 3 aromatic rings. The first-order valence-electron chi connectivity index (χ1n) is 7.95. The number of benzene rings is 3. The molecule has 0 heterocycles. The van der Waals surface area contributed by atoms with Crippen LogP contribution in [0, 0.1) is 11.3 Å². The molecule has 3 nitrogen and oxygen atoms in total. The Morgan fingerprint density at radius 1 is 0.885 bits per heavy atom. The average molecular weight is 357 g/mol. The van der Waals surface area contributed by atoms with E-state index in [9.17, 15) is 10.1 Å². The minimum absolute atomic E-state index is 0.200. The molecule has 0 aliphatic rings. The lowest BCUT2D eigenvalue weighted by atomic mass is 10.0. The van der Waals surface area contributed by atoms with Crippen molar-refractivity contribution in [3.63, 3.8) is 0 Å². The number of nitrogens with zero attached hydrogens (tertiary/aromatic N) is 1. The monoisotopic (exact) mass is 357 g/mol. The summed E-state index contributed by atoms with van der Waals surface area (Å²) in [4.78, 5) is 13.2. The topological polar surface area (TPSA) is 61.1 Å². The van der Waals surface area contributed by atoms with Gasteiger partial charge in [-0.1, -0.05) is 60.3 Å². The Morgan fingerprint density at radius 2 is 1.50 bits per heavy atom. The van der Waals surface area contributed by atoms with Crippen LogP contribution in [0.3, 0.4) is 0 Å². The van der Waals surface area contributed by atoms with Gasteiger partial charge in [0.05, 0.1) is 17.2 Å². The van der Waals surface area contributed by atoms with Gasteiger partial charge >= 0.3 is 5.97 Å². The van der Waals surface area contributed by atoms with Crippen molar-refractivity contribution < 1.29 is 9.90 Å². The van der Waals surface area contributed by atoms with Crippen molar-refractivity contribution in [1.29, 1.82) is 5.26 Å². The third kappa shape index (κ3) is 4.21. The van der Waals surface area contributed by atoms with E-state index in [0.717, 1.165) is 15.4 Å². The van der Waals surface area contributed by atoms with E-state index in [2.05, 4.69) is 6.07 Å². The molecule has 0 fully saturated rings. The predicted molar refractivity (Wildman–Crippen MR) is 104 cm³/mol. The summed E-state index contributed by atoms with van der Waals surface area (Å²) in [5.74, 6) is -0.983. The maximum atomic E-state index is 11.0. The van der Waals surface area contributed by atoms with E-state index >= 15 is 0 Å². The quantitative estimate of drug-likeness (QED) is 0.477. The second-order valence-electron chi connectivity index (χ2n) is 5.51. The molecule has 126 valence electrons. The molecule has 0 radical (unpaired) electrons. The summed E-state index contributed by atoms with van der Waals surface area (Å²) in [6.07, 6.45) is 1.83. The fraction of sp³-hybridized carbons (Fsp3) is 0. The maximum absolute atomic E-state index is 11.0. The molecule has 26 heavy (non-hydrogen) atoms. The Kier molecular flexibility index (Phi) is 5.52. The number of carboxylic acid groups (broad SMARTS) is 1. The van der Waals surface area contributed by atoms with Gasteiger partial charge in [-0.25, -0.2) is 4.79 Å². The van der Waals surface area contributed by atoms with Crippen LogP contribution in [0.1, 0.15) is 21.5 Å². The van der Waals surface area contributed by atoms with Gasteiger partial charge < -0.3 is 5.11 Å². The molecule has 0 aliphatic carbocycles. The van der Waals surface area contributed by atoms with Crippen LogP contribution in [-0.2, 0) is 0 Å². The lowest BCUT2D eigenvalue weighted by Crippen LogP contribution is -1.95. The van der Waals surface area contributed by atoms with Crippen LogP contribution in [0.25, 0.3) is 11.6 Å². The molecule has 0 spiro atoms. The Bertz CT molecular complexity index is 987. The fourth-order valence-corrected chi connectivity index (χ4v) is 3.37. The van der Waals surface area contributed by atoms with Crippen LogP contribution in [0.5, 0.6) is 0 Å². The number of hydrogen-bond donors (Lipinski definition) is 1. The third-order valence-electron chi connectivity index (χ3n) is 3.75. The molecule has 0 atom stereocenters. The summed E-state index contributed by atoms with van der Waals surface area (Å²) in [5.41, 5.74) is 2.33. The molecule has 0 aliphatic heterocycles. The lowest BCUT2D eigenvalue weighted by Gasteiger charge is -2.07. The maximum Gasteiger partial charge on any atom is 0.335 e. The molecule has 0 saturated carbocycles. The zero-order chi connectivity index (χ0) is 18.4. The first-order chi connectivity index (χ1) is 12.7. The number of nitriles is 1. The summed E-state index contributed by atoms with van der Waals surface area (Å²) in [7, 11) is 0. The number of hydrogen-bond acceptors (Lipinski definition) is 3. The van der Waals surface area contributed by atoms with Gasteiger partial charge in [0.25, 0.3) is 0 Å². The molecule has 1 N–H and O–H groups in total. The van der Waals surface area contributed by atoms with Gasteiger partial charge in [0, 0.05) is 9.79 Å². The summed E-state index contributed by atoms with van der Waals surface area (Å²) in [6, 6.07) is 26.5. The van der Waals surface area contributed by atoms with Crippen LogP contribution < -0.4 is 0 Å². The Labute approximate surface area is 156 Å². The van der Waals surface area contributed by atoms with E-state index in [1.165, 1.54) is 12.1 Å². The summed E-state index contributed by atoms with van der Waals surface area (Å²) >= 11 is 1.64. The molecular formula is C22H15NO2S. The predicted octanol–water partition coefficient (Wildman–Crippen LogP) is 5.60. The smallest absolute Gasteiger partial charge is 0.335 e. The van der Waals surface area contributed by atoms with E-state index in [1.54, 1.807) is 23.9 Å². The van der Waals surface area contributed by atoms with Gasteiger partial charge in [-0.05, 0) is 47.5 Å². The first kappa shape index (κ1) is 17.5. The Balaban J connectivity index is 1.95. The van der Waals surface area contributed by atoms with Crippen LogP contribution >= 0.6 is 11.8 Å². The Morgan fingerprint density at radius 3 is 2.15 bits per heavy atom. The van der Waals surface area contributed by atoms with Gasteiger partial charge in [0.1, 0.15) is 0 Å². The van der Waals surface area contributed by atoms with E-state index < -0.39 is 5.97 Å². The van der Waals surface area contributed by atoms with E-state index in [-0.39, 0.29) is 5.56 Å². The number of carbonyl (C=O) groups is 1. The summed E-state index contributed by atoms with van der Waals surface area (Å²) in [6.45, 7) is 0.